The zero-order chi connectivity index (χ0) is 11.2. The van der Waals surface area contributed by atoms with Crippen LogP contribution in [0.4, 0.5) is 0 Å². The molecule has 0 atom stereocenters. The van der Waals surface area contributed by atoms with Crippen LogP contribution in [0.15, 0.2) is 12.7 Å². The number of nitrogens with one attached hydrogen (secondary N) is 1. The molecular formula is C11H21N5. The van der Waals surface area contributed by atoms with E-state index in [0.717, 1.165) is 25.6 Å². The standard InChI is InChI=1S/C11H21N5/c1-12-8-11-2-4-15(5-3-11)6-7-16-10-13-9-14-16/h9-12H,2-8H2,1H3. The van der Waals surface area contributed by atoms with Gasteiger partial charge in [0.2, 0.25) is 0 Å². The van der Waals surface area contributed by atoms with Gasteiger partial charge in [0.15, 0.2) is 0 Å². The number of hydrogen-bond acceptors (Lipinski definition) is 4. The van der Waals surface area contributed by atoms with Crippen LogP contribution in [0.2, 0.25) is 0 Å². The second-order valence-corrected chi connectivity index (χ2v) is 4.50. The average molecular weight is 223 g/mol. The summed E-state index contributed by atoms with van der Waals surface area (Å²) in [7, 11) is 2.04. The summed E-state index contributed by atoms with van der Waals surface area (Å²) >= 11 is 0. The predicted molar refractivity (Wildman–Crippen MR) is 63.1 cm³/mol. The van der Waals surface area contributed by atoms with Gasteiger partial charge in [-0.3, -0.25) is 4.68 Å². The molecule has 2 heterocycles. The molecule has 2 rings (SSSR count). The van der Waals surface area contributed by atoms with Crippen molar-refractivity contribution in [1.29, 1.82) is 0 Å². The third kappa shape index (κ3) is 3.28. The highest BCUT2D eigenvalue weighted by Crippen LogP contribution is 2.15. The number of aromatic nitrogens is 3. The molecule has 0 spiro atoms. The SMILES string of the molecule is CNCC1CCN(CCn2cncn2)CC1. The summed E-state index contributed by atoms with van der Waals surface area (Å²) in [6.07, 6.45) is 6.02. The minimum absolute atomic E-state index is 0.868. The van der Waals surface area contributed by atoms with Gasteiger partial charge in [0.05, 0.1) is 6.54 Å². The van der Waals surface area contributed by atoms with E-state index in [-0.39, 0.29) is 0 Å². The Morgan fingerprint density at radius 3 is 2.75 bits per heavy atom. The van der Waals surface area contributed by atoms with E-state index in [1.165, 1.54) is 25.9 Å². The van der Waals surface area contributed by atoms with E-state index in [2.05, 4.69) is 20.3 Å². The lowest BCUT2D eigenvalue weighted by atomic mass is 9.97. The lowest BCUT2D eigenvalue weighted by Gasteiger charge is -2.31. The van der Waals surface area contributed by atoms with Gasteiger partial charge in [0.1, 0.15) is 12.7 Å². The Hall–Kier alpha value is -0.940. The first-order valence-electron chi connectivity index (χ1n) is 6.08. The monoisotopic (exact) mass is 223 g/mol. The van der Waals surface area contributed by atoms with Crippen molar-refractivity contribution in [3.8, 4) is 0 Å². The Morgan fingerprint density at radius 2 is 2.12 bits per heavy atom. The molecule has 1 fully saturated rings. The number of piperidine rings is 1. The highest BCUT2D eigenvalue weighted by molar-refractivity contribution is 4.73. The first kappa shape index (κ1) is 11.5. The largest absolute Gasteiger partial charge is 0.319 e. The van der Waals surface area contributed by atoms with E-state index in [0.29, 0.717) is 0 Å². The summed E-state index contributed by atoms with van der Waals surface area (Å²) in [4.78, 5) is 6.47. The van der Waals surface area contributed by atoms with E-state index in [4.69, 9.17) is 0 Å². The lowest BCUT2D eigenvalue weighted by molar-refractivity contribution is 0.176. The number of nitrogens with zero attached hydrogens (tertiary/aromatic N) is 4. The van der Waals surface area contributed by atoms with Gasteiger partial charge < -0.3 is 10.2 Å². The normalized spacial score (nSPS) is 19.1. The average Bonchev–Trinajstić information content (AvgIpc) is 2.82. The summed E-state index contributed by atoms with van der Waals surface area (Å²) in [6, 6.07) is 0. The third-order valence-electron chi connectivity index (χ3n) is 3.31. The molecule has 1 aromatic heterocycles. The Labute approximate surface area is 96.8 Å². The molecule has 1 aliphatic heterocycles. The van der Waals surface area contributed by atoms with Gasteiger partial charge in [-0.15, -0.1) is 0 Å². The molecule has 1 N–H and O–H groups in total. The van der Waals surface area contributed by atoms with Crippen molar-refractivity contribution in [3.63, 3.8) is 0 Å². The topological polar surface area (TPSA) is 46.0 Å². The molecule has 90 valence electrons. The fraction of sp³-hybridized carbons (Fsp3) is 0.818. The second kappa shape index (κ2) is 5.96. The van der Waals surface area contributed by atoms with E-state index in [9.17, 15) is 0 Å². The molecule has 5 heteroatoms. The van der Waals surface area contributed by atoms with E-state index in [1.807, 2.05) is 11.7 Å². The van der Waals surface area contributed by atoms with Gasteiger partial charge in [-0.2, -0.15) is 5.10 Å². The maximum atomic E-state index is 4.11. The van der Waals surface area contributed by atoms with Crippen LogP contribution in [-0.2, 0) is 6.54 Å². The molecule has 5 nitrogen and oxygen atoms in total. The minimum Gasteiger partial charge on any atom is -0.319 e. The second-order valence-electron chi connectivity index (χ2n) is 4.50. The van der Waals surface area contributed by atoms with Gasteiger partial charge >= 0.3 is 0 Å². The number of hydrogen-bond donors (Lipinski definition) is 1. The molecule has 0 radical (unpaired) electrons. The Morgan fingerprint density at radius 1 is 1.31 bits per heavy atom. The van der Waals surface area contributed by atoms with Gasteiger partial charge in [0, 0.05) is 6.54 Å². The molecule has 1 saturated heterocycles. The van der Waals surface area contributed by atoms with Crippen LogP contribution in [0.3, 0.4) is 0 Å². The van der Waals surface area contributed by atoms with Crippen LogP contribution >= 0.6 is 0 Å². The minimum atomic E-state index is 0.868. The Balaban J connectivity index is 1.65. The molecule has 0 bridgehead atoms. The van der Waals surface area contributed by atoms with Gasteiger partial charge in [0.25, 0.3) is 0 Å². The molecular weight excluding hydrogens is 202 g/mol. The summed E-state index contributed by atoms with van der Waals surface area (Å²) < 4.78 is 1.90. The summed E-state index contributed by atoms with van der Waals surface area (Å²) in [6.45, 7) is 5.66. The molecule has 0 saturated carbocycles. The van der Waals surface area contributed by atoms with E-state index in [1.54, 1.807) is 12.7 Å². The fourth-order valence-electron chi connectivity index (χ4n) is 2.29. The quantitative estimate of drug-likeness (QED) is 0.775. The van der Waals surface area contributed by atoms with Crippen molar-refractivity contribution < 1.29 is 0 Å². The predicted octanol–water partition coefficient (Wildman–Crippen LogP) is 0.210. The van der Waals surface area contributed by atoms with Crippen molar-refractivity contribution >= 4 is 0 Å². The summed E-state index contributed by atoms with van der Waals surface area (Å²) in [5.74, 6) is 0.868. The molecule has 1 aliphatic rings. The summed E-state index contributed by atoms with van der Waals surface area (Å²) in [5.41, 5.74) is 0. The number of rotatable bonds is 5. The fourth-order valence-corrected chi connectivity index (χ4v) is 2.29. The first-order valence-corrected chi connectivity index (χ1v) is 6.08. The molecule has 0 aliphatic carbocycles. The Bertz CT molecular complexity index is 277. The third-order valence-corrected chi connectivity index (χ3v) is 3.31. The molecule has 16 heavy (non-hydrogen) atoms. The van der Waals surface area contributed by atoms with Gasteiger partial charge in [-0.05, 0) is 45.4 Å². The van der Waals surface area contributed by atoms with Gasteiger partial charge in [-0.25, -0.2) is 4.98 Å². The Kier molecular flexibility index (Phi) is 4.30. The van der Waals surface area contributed by atoms with Crippen molar-refractivity contribution in [2.75, 3.05) is 33.2 Å². The first-order chi connectivity index (χ1) is 7.88. The van der Waals surface area contributed by atoms with Crippen LogP contribution in [0.25, 0.3) is 0 Å². The zero-order valence-electron chi connectivity index (χ0n) is 9.97. The van der Waals surface area contributed by atoms with Crippen LogP contribution < -0.4 is 5.32 Å². The van der Waals surface area contributed by atoms with Crippen molar-refractivity contribution in [3.05, 3.63) is 12.7 Å². The lowest BCUT2D eigenvalue weighted by Crippen LogP contribution is -2.38. The van der Waals surface area contributed by atoms with E-state index >= 15 is 0 Å². The molecule has 1 aromatic rings. The van der Waals surface area contributed by atoms with Crippen LogP contribution in [0.5, 0.6) is 0 Å². The highest BCUT2D eigenvalue weighted by Gasteiger charge is 2.17. The van der Waals surface area contributed by atoms with Crippen molar-refractivity contribution in [1.82, 2.24) is 25.0 Å². The maximum absolute atomic E-state index is 4.11. The van der Waals surface area contributed by atoms with E-state index < -0.39 is 0 Å². The number of likely N-dealkylation sites (tertiary alicyclic amines) is 1. The molecule has 0 amide bonds. The van der Waals surface area contributed by atoms with Crippen molar-refractivity contribution in [2.24, 2.45) is 5.92 Å². The van der Waals surface area contributed by atoms with Crippen LogP contribution in [0, 0.1) is 5.92 Å². The van der Waals surface area contributed by atoms with Crippen LogP contribution in [-0.4, -0.2) is 52.9 Å². The van der Waals surface area contributed by atoms with Crippen LogP contribution in [0.1, 0.15) is 12.8 Å². The maximum Gasteiger partial charge on any atom is 0.137 e. The molecule has 0 unspecified atom stereocenters. The smallest absolute Gasteiger partial charge is 0.137 e. The zero-order valence-corrected chi connectivity index (χ0v) is 9.97. The summed E-state index contributed by atoms with van der Waals surface area (Å²) in [5, 5.41) is 7.38. The van der Waals surface area contributed by atoms with Crippen molar-refractivity contribution in [2.45, 2.75) is 19.4 Å². The highest BCUT2D eigenvalue weighted by atomic mass is 15.3. The molecule has 0 aromatic carbocycles. The van der Waals surface area contributed by atoms with Gasteiger partial charge in [-0.1, -0.05) is 0 Å².